The van der Waals surface area contributed by atoms with E-state index in [4.69, 9.17) is 19.0 Å². The molecule has 0 radical (unpaired) electrons. The molecule has 38 heavy (non-hydrogen) atoms. The highest BCUT2D eigenvalue weighted by molar-refractivity contribution is 8.00. The van der Waals surface area contributed by atoms with Crippen molar-refractivity contribution in [3.8, 4) is 22.9 Å². The maximum Gasteiger partial charge on any atom is 0.250 e. The molecule has 2 saturated heterocycles. The van der Waals surface area contributed by atoms with Crippen LogP contribution in [0.2, 0.25) is 0 Å². The van der Waals surface area contributed by atoms with Crippen LogP contribution in [0.15, 0.2) is 53.1 Å². The predicted octanol–water partition coefficient (Wildman–Crippen LogP) is 3.61. The number of nitrogens with one attached hydrogen (secondary N) is 1. The number of pyridine rings is 1. The van der Waals surface area contributed by atoms with E-state index in [-0.39, 0.29) is 18.8 Å². The Morgan fingerprint density at radius 3 is 2.82 bits per heavy atom. The molecular weight excluding hydrogens is 504 g/mol. The van der Waals surface area contributed by atoms with Crippen LogP contribution in [0.1, 0.15) is 12.8 Å². The summed E-state index contributed by atoms with van der Waals surface area (Å²) in [4.78, 5) is 9.19. The Morgan fingerprint density at radius 1 is 1.03 bits per heavy atom. The molecule has 0 aliphatic carbocycles. The van der Waals surface area contributed by atoms with Crippen molar-refractivity contribution >= 4 is 29.1 Å². The molecule has 1 unspecified atom stereocenters. The molecule has 4 aliphatic heterocycles. The maximum atomic E-state index is 9.15. The summed E-state index contributed by atoms with van der Waals surface area (Å²) in [6, 6.07) is 10.0. The van der Waals surface area contributed by atoms with E-state index in [0.717, 1.165) is 67.3 Å². The van der Waals surface area contributed by atoms with Crippen LogP contribution in [-0.4, -0.2) is 84.2 Å². The molecule has 11 heteroatoms. The number of aliphatic hydroxyl groups excluding tert-OH is 1. The van der Waals surface area contributed by atoms with Gasteiger partial charge in [0.05, 0.1) is 43.3 Å². The second-order valence-electron chi connectivity index (χ2n) is 9.52. The fraction of sp³-hybridized carbons (Fsp3) is 0.444. The number of morpholine rings is 1. The third kappa shape index (κ3) is 5.65. The molecule has 2 N–H and O–H groups in total. The number of aliphatic hydroxyl groups is 1. The van der Waals surface area contributed by atoms with Gasteiger partial charge in [-0.2, -0.15) is 0 Å². The number of hydrogen-bond acceptors (Lipinski definition) is 11. The van der Waals surface area contributed by atoms with Crippen molar-refractivity contribution in [3.05, 3.63) is 48.7 Å². The quantitative estimate of drug-likeness (QED) is 0.290. The van der Waals surface area contributed by atoms with E-state index in [1.54, 1.807) is 6.20 Å². The molecular formula is C27H32N6O4S. The molecule has 2 fully saturated rings. The van der Waals surface area contributed by atoms with Gasteiger partial charge in [0.15, 0.2) is 0 Å². The molecule has 2 aromatic heterocycles. The van der Waals surface area contributed by atoms with E-state index < -0.39 is 0 Å². The normalized spacial score (nSPS) is 22.2. The number of piperidine rings is 1. The third-order valence-corrected chi connectivity index (χ3v) is 7.77. The molecule has 0 saturated carbocycles. The SMILES string of the molecule is OCCSNc1ccc2c(c1)N1CCC(CC1)OC/C=C/C1CN(CCO1)c1cc(ccn1)-c1nnc-2o1. The molecule has 200 valence electrons. The highest BCUT2D eigenvalue weighted by atomic mass is 32.2. The number of hydrogen-bond donors (Lipinski definition) is 2. The van der Waals surface area contributed by atoms with Crippen molar-refractivity contribution in [1.29, 1.82) is 0 Å². The van der Waals surface area contributed by atoms with Crippen LogP contribution >= 0.6 is 11.9 Å². The largest absolute Gasteiger partial charge is 0.416 e. The minimum absolute atomic E-state index is 0.00964. The van der Waals surface area contributed by atoms with Gasteiger partial charge in [0.2, 0.25) is 11.8 Å². The van der Waals surface area contributed by atoms with Crippen LogP contribution in [0.25, 0.3) is 22.9 Å². The molecule has 1 aromatic carbocycles. The van der Waals surface area contributed by atoms with Crippen LogP contribution in [0.5, 0.6) is 0 Å². The Labute approximate surface area is 226 Å². The van der Waals surface area contributed by atoms with Crippen molar-refractivity contribution in [3.63, 3.8) is 0 Å². The standard InChI is InChI=1S/C27H32N6O4S/c34-12-15-38-31-20-3-4-23-24(17-20)32-9-6-21(7-10-32)35-13-1-2-22-18-33(11-14-36-22)25-16-19(5-8-28-25)26-29-30-27(23)37-26/h1-5,8,16-17,21-22,31,34H,6-7,9-15,18H2/b2-1+. The first kappa shape index (κ1) is 25.2. The van der Waals surface area contributed by atoms with Crippen molar-refractivity contribution in [2.24, 2.45) is 0 Å². The summed E-state index contributed by atoms with van der Waals surface area (Å²) in [5.74, 6) is 2.41. The Kier molecular flexibility index (Phi) is 7.77. The van der Waals surface area contributed by atoms with E-state index in [1.165, 1.54) is 11.9 Å². The van der Waals surface area contributed by atoms with E-state index in [2.05, 4.69) is 47.9 Å². The molecule has 8 bridgehead atoms. The average Bonchev–Trinajstić information content (AvgIpc) is 3.46. The van der Waals surface area contributed by atoms with Crippen molar-refractivity contribution in [1.82, 2.24) is 15.2 Å². The van der Waals surface area contributed by atoms with Gasteiger partial charge in [0, 0.05) is 49.4 Å². The number of anilines is 3. The van der Waals surface area contributed by atoms with Crippen LogP contribution in [-0.2, 0) is 9.47 Å². The van der Waals surface area contributed by atoms with E-state index >= 15 is 0 Å². The van der Waals surface area contributed by atoms with Gasteiger partial charge in [-0.15, -0.1) is 10.2 Å². The second kappa shape index (κ2) is 11.7. The van der Waals surface area contributed by atoms with Gasteiger partial charge in [0.1, 0.15) is 5.82 Å². The van der Waals surface area contributed by atoms with Crippen LogP contribution in [0, 0.1) is 0 Å². The Bertz CT molecular complexity index is 1260. The fourth-order valence-electron chi connectivity index (χ4n) is 5.05. The molecule has 3 aromatic rings. The molecule has 0 amide bonds. The molecule has 6 heterocycles. The molecule has 1 atom stereocenters. The summed E-state index contributed by atoms with van der Waals surface area (Å²) in [6.45, 7) is 4.56. The van der Waals surface area contributed by atoms with Gasteiger partial charge in [0.25, 0.3) is 0 Å². The van der Waals surface area contributed by atoms with Gasteiger partial charge < -0.3 is 33.5 Å². The lowest BCUT2D eigenvalue weighted by atomic mass is 10.0. The summed E-state index contributed by atoms with van der Waals surface area (Å²) < 4.78 is 21.7. The van der Waals surface area contributed by atoms with Gasteiger partial charge in [-0.25, -0.2) is 4.98 Å². The number of rotatable bonds is 4. The fourth-order valence-corrected chi connectivity index (χ4v) is 5.54. The first-order valence-electron chi connectivity index (χ1n) is 13.1. The number of benzene rings is 1. The minimum Gasteiger partial charge on any atom is -0.416 e. The topological polar surface area (TPSA) is 109 Å². The monoisotopic (exact) mass is 536 g/mol. The highest BCUT2D eigenvalue weighted by Crippen LogP contribution is 2.36. The first-order valence-corrected chi connectivity index (χ1v) is 14.1. The van der Waals surface area contributed by atoms with E-state index in [1.807, 2.05) is 24.3 Å². The number of nitrogens with zero attached hydrogens (tertiary/aromatic N) is 5. The maximum absolute atomic E-state index is 9.15. The summed E-state index contributed by atoms with van der Waals surface area (Å²) in [6.07, 6.45) is 8.04. The summed E-state index contributed by atoms with van der Waals surface area (Å²) in [5, 5.41) is 18.0. The minimum atomic E-state index is -0.00964. The summed E-state index contributed by atoms with van der Waals surface area (Å²) in [5.41, 5.74) is 3.73. The van der Waals surface area contributed by atoms with Crippen molar-refractivity contribution < 1.29 is 19.0 Å². The Hall–Kier alpha value is -3.12. The van der Waals surface area contributed by atoms with Crippen molar-refractivity contribution in [2.75, 3.05) is 66.3 Å². The lowest BCUT2D eigenvalue weighted by molar-refractivity contribution is 0.0528. The van der Waals surface area contributed by atoms with Gasteiger partial charge in [-0.3, -0.25) is 0 Å². The third-order valence-electron chi connectivity index (χ3n) is 7.01. The molecule has 0 spiro atoms. The van der Waals surface area contributed by atoms with Crippen LogP contribution in [0.4, 0.5) is 17.2 Å². The Balaban J connectivity index is 1.36. The zero-order chi connectivity index (χ0) is 25.7. The van der Waals surface area contributed by atoms with Crippen LogP contribution < -0.4 is 14.5 Å². The van der Waals surface area contributed by atoms with E-state index in [9.17, 15) is 0 Å². The zero-order valence-corrected chi connectivity index (χ0v) is 22.0. The number of ether oxygens (including phenoxy) is 2. The van der Waals surface area contributed by atoms with Crippen LogP contribution in [0.3, 0.4) is 0 Å². The summed E-state index contributed by atoms with van der Waals surface area (Å²) in [7, 11) is 0. The molecule has 10 nitrogen and oxygen atoms in total. The molecule has 7 rings (SSSR count). The predicted molar refractivity (Wildman–Crippen MR) is 148 cm³/mol. The smallest absolute Gasteiger partial charge is 0.250 e. The Morgan fingerprint density at radius 2 is 1.92 bits per heavy atom. The zero-order valence-electron chi connectivity index (χ0n) is 21.2. The number of fused-ring (bicyclic) bond motifs is 4. The lowest BCUT2D eigenvalue weighted by Gasteiger charge is -2.34. The highest BCUT2D eigenvalue weighted by Gasteiger charge is 2.25. The average molecular weight is 537 g/mol. The van der Waals surface area contributed by atoms with Gasteiger partial charge >= 0.3 is 0 Å². The summed E-state index contributed by atoms with van der Waals surface area (Å²) >= 11 is 1.48. The number of aromatic nitrogens is 3. The van der Waals surface area contributed by atoms with E-state index in [0.29, 0.717) is 30.7 Å². The lowest BCUT2D eigenvalue weighted by Crippen LogP contribution is -2.42. The van der Waals surface area contributed by atoms with Crippen molar-refractivity contribution in [2.45, 2.75) is 25.0 Å². The van der Waals surface area contributed by atoms with Gasteiger partial charge in [-0.05, 0) is 43.2 Å². The second-order valence-corrected chi connectivity index (χ2v) is 10.4. The van der Waals surface area contributed by atoms with Gasteiger partial charge in [-0.1, -0.05) is 24.1 Å². The molecule has 4 aliphatic rings. The first-order chi connectivity index (χ1) is 18.8.